The third-order valence-corrected chi connectivity index (χ3v) is 2.44. The molecule has 0 bridgehead atoms. The van der Waals surface area contributed by atoms with Crippen LogP contribution in [-0.4, -0.2) is 16.7 Å². The molecule has 1 aliphatic carbocycles. The summed E-state index contributed by atoms with van der Waals surface area (Å²) in [5.74, 6) is -0.415. The number of ether oxygens (including phenoxy) is 1. The molecule has 0 radical (unpaired) electrons. The fourth-order valence-corrected chi connectivity index (χ4v) is 1.58. The lowest BCUT2D eigenvalue weighted by molar-refractivity contribution is -0.150. The smallest absolute Gasteiger partial charge is 0.352 e. The molecule has 0 saturated heterocycles. The molecule has 1 aromatic carbocycles. The average Bonchev–Trinajstić information content (AvgIpc) is 2.31. The maximum Gasteiger partial charge on any atom is 0.352 e. The van der Waals surface area contributed by atoms with E-state index in [1.807, 2.05) is 24.3 Å². The first-order valence-electron chi connectivity index (χ1n) is 5.05. The highest BCUT2D eigenvalue weighted by Gasteiger charge is 2.38. The molecule has 0 saturated carbocycles. The van der Waals surface area contributed by atoms with Crippen LogP contribution in [-0.2, 0) is 4.79 Å². The fraction of sp³-hybridized carbons (Fsp3) is 0.154. The van der Waals surface area contributed by atoms with Gasteiger partial charge in [-0.2, -0.15) is 0 Å². The number of benzene rings is 1. The van der Waals surface area contributed by atoms with E-state index in [1.165, 1.54) is 0 Å². The largest absolute Gasteiger partial charge is 0.478 e. The molecule has 0 amide bonds. The summed E-state index contributed by atoms with van der Waals surface area (Å²) in [4.78, 5) is 11.3. The van der Waals surface area contributed by atoms with Gasteiger partial charge in [0.2, 0.25) is 5.60 Å². The molecule has 0 heterocycles. The number of carboxylic acid groups (broad SMARTS) is 1. The Kier molecular flexibility index (Phi) is 2.77. The maximum atomic E-state index is 11.3. The van der Waals surface area contributed by atoms with Crippen molar-refractivity contribution in [1.29, 1.82) is 0 Å². The number of para-hydroxylation sites is 1. The van der Waals surface area contributed by atoms with Gasteiger partial charge in [0.05, 0.1) is 0 Å². The van der Waals surface area contributed by atoms with Crippen molar-refractivity contribution in [1.82, 2.24) is 0 Å². The summed E-state index contributed by atoms with van der Waals surface area (Å²) >= 11 is 0. The van der Waals surface area contributed by atoms with Crippen LogP contribution in [0, 0.1) is 0 Å². The minimum Gasteiger partial charge on any atom is -0.478 e. The van der Waals surface area contributed by atoms with Crippen LogP contribution in [0.1, 0.15) is 6.42 Å². The van der Waals surface area contributed by atoms with E-state index in [-0.39, 0.29) is 0 Å². The molecule has 0 fully saturated rings. The van der Waals surface area contributed by atoms with Gasteiger partial charge in [-0.15, -0.1) is 0 Å². The molecule has 0 spiro atoms. The standard InChI is InChI=1S/C13H12O3/c14-12(15)13(9-5-2-6-10-13)16-11-7-3-1-4-8-11/h1-9H,10H2,(H,14,15). The minimum absolute atomic E-state index is 0.341. The molecule has 3 nitrogen and oxygen atoms in total. The van der Waals surface area contributed by atoms with Gasteiger partial charge in [0.25, 0.3) is 0 Å². The summed E-state index contributed by atoms with van der Waals surface area (Å²) < 4.78 is 5.57. The zero-order valence-electron chi connectivity index (χ0n) is 8.67. The summed E-state index contributed by atoms with van der Waals surface area (Å²) in [6.07, 6.45) is 7.21. The highest BCUT2D eigenvalue weighted by atomic mass is 16.5. The summed E-state index contributed by atoms with van der Waals surface area (Å²) in [6, 6.07) is 8.98. The van der Waals surface area contributed by atoms with Crippen LogP contribution < -0.4 is 4.74 Å². The highest BCUT2D eigenvalue weighted by molar-refractivity contribution is 5.81. The lowest BCUT2D eigenvalue weighted by Gasteiger charge is -2.27. The third-order valence-electron chi connectivity index (χ3n) is 2.44. The minimum atomic E-state index is -1.27. The van der Waals surface area contributed by atoms with E-state index < -0.39 is 11.6 Å². The van der Waals surface area contributed by atoms with Crippen molar-refractivity contribution >= 4 is 5.97 Å². The Balaban J connectivity index is 2.25. The van der Waals surface area contributed by atoms with Gasteiger partial charge in [0.1, 0.15) is 5.75 Å². The van der Waals surface area contributed by atoms with Gasteiger partial charge in [0, 0.05) is 6.42 Å². The lowest BCUT2D eigenvalue weighted by atomic mass is 9.95. The van der Waals surface area contributed by atoms with Crippen molar-refractivity contribution in [2.75, 3.05) is 0 Å². The van der Waals surface area contributed by atoms with E-state index in [9.17, 15) is 9.90 Å². The van der Waals surface area contributed by atoms with Crippen LogP contribution >= 0.6 is 0 Å². The summed E-state index contributed by atoms with van der Waals surface area (Å²) in [6.45, 7) is 0. The van der Waals surface area contributed by atoms with Crippen molar-refractivity contribution in [3.05, 3.63) is 54.6 Å². The number of carbonyl (C=O) groups is 1. The number of rotatable bonds is 3. The third kappa shape index (κ3) is 1.98. The first kappa shape index (κ1) is 10.5. The normalized spacial score (nSPS) is 23.0. The molecular weight excluding hydrogens is 204 g/mol. The SMILES string of the molecule is O=C(O)C1(Oc2ccccc2)C=CC=CC1. The zero-order valence-corrected chi connectivity index (χ0v) is 8.67. The van der Waals surface area contributed by atoms with E-state index in [4.69, 9.17) is 4.74 Å². The Hall–Kier alpha value is -2.03. The second-order valence-corrected chi connectivity index (χ2v) is 3.60. The molecule has 0 aliphatic heterocycles. The summed E-state index contributed by atoms with van der Waals surface area (Å²) in [5.41, 5.74) is -1.27. The molecular formula is C13H12O3. The first-order valence-corrected chi connectivity index (χ1v) is 5.05. The van der Waals surface area contributed by atoms with Crippen LogP contribution in [0.2, 0.25) is 0 Å². The molecule has 82 valence electrons. The molecule has 1 atom stereocenters. The van der Waals surface area contributed by atoms with E-state index in [2.05, 4.69) is 0 Å². The molecule has 16 heavy (non-hydrogen) atoms. The molecule has 1 aliphatic rings. The topological polar surface area (TPSA) is 46.5 Å². The van der Waals surface area contributed by atoms with E-state index >= 15 is 0 Å². The van der Waals surface area contributed by atoms with E-state index in [0.717, 1.165) is 0 Å². The molecule has 1 N–H and O–H groups in total. The van der Waals surface area contributed by atoms with Gasteiger partial charge < -0.3 is 9.84 Å². The summed E-state index contributed by atoms with van der Waals surface area (Å²) in [7, 11) is 0. The molecule has 1 aromatic rings. The van der Waals surface area contributed by atoms with Crippen molar-refractivity contribution in [2.24, 2.45) is 0 Å². The van der Waals surface area contributed by atoms with E-state index in [0.29, 0.717) is 12.2 Å². The molecule has 3 heteroatoms. The molecule has 2 rings (SSSR count). The Labute approximate surface area is 93.7 Å². The monoisotopic (exact) mass is 216 g/mol. The van der Waals surface area contributed by atoms with Crippen LogP contribution in [0.25, 0.3) is 0 Å². The van der Waals surface area contributed by atoms with Gasteiger partial charge >= 0.3 is 5.97 Å². The predicted octanol–water partition coefficient (Wildman–Crippen LogP) is 2.40. The number of aliphatic carboxylic acids is 1. The number of allylic oxidation sites excluding steroid dienone is 2. The Morgan fingerprint density at radius 3 is 2.56 bits per heavy atom. The number of carboxylic acids is 1. The van der Waals surface area contributed by atoms with Gasteiger partial charge in [-0.25, -0.2) is 4.79 Å². The zero-order chi connectivity index (χ0) is 11.4. The summed E-state index contributed by atoms with van der Waals surface area (Å²) in [5, 5.41) is 9.24. The predicted molar refractivity (Wildman–Crippen MR) is 60.3 cm³/mol. The quantitative estimate of drug-likeness (QED) is 0.843. The Morgan fingerprint density at radius 2 is 2.00 bits per heavy atom. The molecule has 0 aromatic heterocycles. The van der Waals surface area contributed by atoms with Crippen LogP contribution in [0.5, 0.6) is 5.75 Å². The lowest BCUT2D eigenvalue weighted by Crippen LogP contribution is -2.43. The van der Waals surface area contributed by atoms with E-state index in [1.54, 1.807) is 30.4 Å². The van der Waals surface area contributed by atoms with Crippen molar-refractivity contribution in [3.8, 4) is 5.75 Å². The van der Waals surface area contributed by atoms with Crippen LogP contribution in [0.15, 0.2) is 54.6 Å². The van der Waals surface area contributed by atoms with Crippen molar-refractivity contribution in [2.45, 2.75) is 12.0 Å². The fourth-order valence-electron chi connectivity index (χ4n) is 1.58. The van der Waals surface area contributed by atoms with Gasteiger partial charge in [-0.05, 0) is 18.2 Å². The van der Waals surface area contributed by atoms with Gasteiger partial charge in [-0.3, -0.25) is 0 Å². The van der Waals surface area contributed by atoms with Crippen LogP contribution in [0.3, 0.4) is 0 Å². The van der Waals surface area contributed by atoms with Gasteiger partial charge in [-0.1, -0.05) is 36.4 Å². The Morgan fingerprint density at radius 1 is 1.25 bits per heavy atom. The highest BCUT2D eigenvalue weighted by Crippen LogP contribution is 2.26. The number of hydrogen-bond donors (Lipinski definition) is 1. The van der Waals surface area contributed by atoms with Crippen molar-refractivity contribution in [3.63, 3.8) is 0 Å². The number of hydrogen-bond acceptors (Lipinski definition) is 2. The second kappa shape index (κ2) is 4.23. The second-order valence-electron chi connectivity index (χ2n) is 3.60. The maximum absolute atomic E-state index is 11.3. The molecule has 1 unspecified atom stereocenters. The average molecular weight is 216 g/mol. The van der Waals surface area contributed by atoms with Gasteiger partial charge in [0.15, 0.2) is 0 Å². The Bertz CT molecular complexity index is 434. The first-order chi connectivity index (χ1) is 7.73. The van der Waals surface area contributed by atoms with Crippen molar-refractivity contribution < 1.29 is 14.6 Å². The van der Waals surface area contributed by atoms with Crippen LogP contribution in [0.4, 0.5) is 0 Å².